The van der Waals surface area contributed by atoms with Crippen molar-refractivity contribution in [1.29, 1.82) is 0 Å². The van der Waals surface area contributed by atoms with Crippen LogP contribution in [-0.2, 0) is 20.9 Å². The molecule has 0 atom stereocenters. The first-order valence-corrected chi connectivity index (χ1v) is 5.33. The summed E-state index contributed by atoms with van der Waals surface area (Å²) in [4.78, 5) is 0. The van der Waals surface area contributed by atoms with Crippen molar-refractivity contribution < 1.29 is 30.2 Å². The van der Waals surface area contributed by atoms with Crippen LogP contribution in [0.5, 0.6) is 0 Å². The van der Waals surface area contributed by atoms with E-state index in [1.165, 1.54) is 12.1 Å². The van der Waals surface area contributed by atoms with Gasteiger partial charge >= 0.3 is 15.6 Å². The Kier molecular flexibility index (Phi) is 3.54. The standard InChI is InChI=1S/C8H6F4O3S/c9-7-3-1-2-6(4-7)5-15-16(13,14)8(10,11)12/h1-4H,5H2. The average molecular weight is 258 g/mol. The molecule has 90 valence electrons. The Bertz CT molecular complexity index is 466. The van der Waals surface area contributed by atoms with Gasteiger partial charge in [-0.15, -0.1) is 0 Å². The molecule has 0 amide bonds. The maximum atomic E-state index is 12.6. The van der Waals surface area contributed by atoms with Crippen molar-refractivity contribution in [1.82, 2.24) is 0 Å². The normalized spacial score (nSPS) is 12.8. The third-order valence-corrected chi connectivity index (χ3v) is 2.55. The molecule has 16 heavy (non-hydrogen) atoms. The van der Waals surface area contributed by atoms with E-state index in [4.69, 9.17) is 0 Å². The largest absolute Gasteiger partial charge is 0.523 e. The first-order valence-electron chi connectivity index (χ1n) is 3.92. The Labute approximate surface area is 88.8 Å². The molecule has 0 heterocycles. The molecule has 0 aromatic heterocycles. The second-order valence-electron chi connectivity index (χ2n) is 2.79. The van der Waals surface area contributed by atoms with Gasteiger partial charge in [0.2, 0.25) is 0 Å². The number of hydrogen-bond acceptors (Lipinski definition) is 3. The topological polar surface area (TPSA) is 43.4 Å². The Morgan fingerprint density at radius 3 is 2.38 bits per heavy atom. The van der Waals surface area contributed by atoms with Crippen molar-refractivity contribution >= 4 is 10.1 Å². The van der Waals surface area contributed by atoms with Crippen LogP contribution >= 0.6 is 0 Å². The molecule has 0 bridgehead atoms. The number of benzene rings is 1. The SMILES string of the molecule is O=S(=O)(OCc1cccc(F)c1)C(F)(F)F. The summed E-state index contributed by atoms with van der Waals surface area (Å²) < 4.78 is 72.7. The van der Waals surface area contributed by atoms with E-state index in [-0.39, 0.29) is 5.56 Å². The zero-order chi connectivity index (χ0) is 12.4. The highest BCUT2D eigenvalue weighted by Crippen LogP contribution is 2.25. The molecular formula is C8H6F4O3S. The lowest BCUT2D eigenvalue weighted by Crippen LogP contribution is -2.25. The number of rotatable bonds is 3. The van der Waals surface area contributed by atoms with Crippen molar-refractivity contribution in [3.05, 3.63) is 35.6 Å². The second kappa shape index (κ2) is 4.38. The van der Waals surface area contributed by atoms with Crippen LogP contribution in [-0.4, -0.2) is 13.9 Å². The van der Waals surface area contributed by atoms with Crippen molar-refractivity contribution in [2.75, 3.05) is 0 Å². The van der Waals surface area contributed by atoms with Crippen molar-refractivity contribution in [3.63, 3.8) is 0 Å². The minimum Gasteiger partial charge on any atom is -0.258 e. The zero-order valence-electron chi connectivity index (χ0n) is 7.66. The number of alkyl halides is 3. The van der Waals surface area contributed by atoms with E-state index in [2.05, 4.69) is 4.18 Å². The van der Waals surface area contributed by atoms with Gasteiger partial charge < -0.3 is 0 Å². The maximum Gasteiger partial charge on any atom is 0.523 e. The first kappa shape index (κ1) is 12.9. The van der Waals surface area contributed by atoms with E-state index < -0.39 is 28.1 Å². The highest BCUT2D eigenvalue weighted by Gasteiger charge is 2.47. The zero-order valence-corrected chi connectivity index (χ0v) is 8.48. The Balaban J connectivity index is 2.73. The summed E-state index contributed by atoms with van der Waals surface area (Å²) >= 11 is 0. The number of halogens is 4. The monoisotopic (exact) mass is 258 g/mol. The Morgan fingerprint density at radius 2 is 1.88 bits per heavy atom. The average Bonchev–Trinajstić information content (AvgIpc) is 2.13. The molecule has 0 fully saturated rings. The molecule has 0 aliphatic carbocycles. The minimum absolute atomic E-state index is 0.00664. The lowest BCUT2D eigenvalue weighted by atomic mass is 10.2. The summed E-state index contributed by atoms with van der Waals surface area (Å²) in [7, 11) is -5.63. The highest BCUT2D eigenvalue weighted by atomic mass is 32.2. The van der Waals surface area contributed by atoms with Gasteiger partial charge in [0, 0.05) is 0 Å². The number of hydrogen-bond donors (Lipinski definition) is 0. The van der Waals surface area contributed by atoms with E-state index in [1.807, 2.05) is 0 Å². The molecular weight excluding hydrogens is 252 g/mol. The van der Waals surface area contributed by atoms with Gasteiger partial charge in [-0.3, -0.25) is 4.18 Å². The minimum atomic E-state index is -5.63. The molecule has 0 radical (unpaired) electrons. The van der Waals surface area contributed by atoms with Gasteiger partial charge in [0.25, 0.3) is 0 Å². The van der Waals surface area contributed by atoms with E-state index >= 15 is 0 Å². The smallest absolute Gasteiger partial charge is 0.258 e. The van der Waals surface area contributed by atoms with Gasteiger partial charge in [-0.25, -0.2) is 4.39 Å². The fraction of sp³-hybridized carbons (Fsp3) is 0.250. The van der Waals surface area contributed by atoms with Crippen LogP contribution in [0, 0.1) is 5.82 Å². The van der Waals surface area contributed by atoms with Crippen LogP contribution in [0.4, 0.5) is 17.6 Å². The Hall–Kier alpha value is -1.15. The third-order valence-electron chi connectivity index (χ3n) is 1.55. The van der Waals surface area contributed by atoms with E-state index in [9.17, 15) is 26.0 Å². The van der Waals surface area contributed by atoms with Crippen LogP contribution in [0.25, 0.3) is 0 Å². The van der Waals surface area contributed by atoms with Crippen molar-refractivity contribution in [3.8, 4) is 0 Å². The van der Waals surface area contributed by atoms with Gasteiger partial charge in [0.1, 0.15) is 5.82 Å². The molecule has 0 aliphatic heterocycles. The molecule has 0 N–H and O–H groups in total. The lowest BCUT2D eigenvalue weighted by Gasteiger charge is -2.08. The van der Waals surface area contributed by atoms with E-state index in [0.29, 0.717) is 0 Å². The van der Waals surface area contributed by atoms with Crippen LogP contribution in [0.3, 0.4) is 0 Å². The predicted octanol–water partition coefficient (Wildman–Crippen LogP) is 2.19. The molecule has 0 spiro atoms. The fourth-order valence-corrected chi connectivity index (χ4v) is 1.26. The van der Waals surface area contributed by atoms with E-state index in [0.717, 1.165) is 12.1 Å². The molecule has 8 heteroatoms. The van der Waals surface area contributed by atoms with Crippen LogP contribution in [0.2, 0.25) is 0 Å². The summed E-state index contributed by atoms with van der Waals surface area (Å²) in [5.41, 5.74) is -5.48. The van der Waals surface area contributed by atoms with Gasteiger partial charge in [0.15, 0.2) is 0 Å². The molecule has 0 aliphatic rings. The summed E-state index contributed by atoms with van der Waals surface area (Å²) in [6.45, 7) is -0.862. The molecule has 0 unspecified atom stereocenters. The maximum absolute atomic E-state index is 12.6. The molecule has 1 rings (SSSR count). The summed E-state index contributed by atoms with van der Waals surface area (Å²) in [5.74, 6) is -0.689. The fourth-order valence-electron chi connectivity index (χ4n) is 0.839. The molecule has 0 saturated heterocycles. The molecule has 3 nitrogen and oxygen atoms in total. The van der Waals surface area contributed by atoms with Crippen LogP contribution in [0.15, 0.2) is 24.3 Å². The molecule has 0 saturated carbocycles. The van der Waals surface area contributed by atoms with Gasteiger partial charge in [-0.2, -0.15) is 21.6 Å². The summed E-state index contributed by atoms with van der Waals surface area (Å²) in [6, 6.07) is 4.43. The van der Waals surface area contributed by atoms with Crippen molar-refractivity contribution in [2.24, 2.45) is 0 Å². The van der Waals surface area contributed by atoms with Crippen LogP contribution in [0.1, 0.15) is 5.56 Å². The summed E-state index contributed by atoms with van der Waals surface area (Å²) in [5, 5.41) is 0. The Morgan fingerprint density at radius 1 is 1.25 bits per heavy atom. The lowest BCUT2D eigenvalue weighted by molar-refractivity contribution is -0.0547. The van der Waals surface area contributed by atoms with Gasteiger partial charge in [-0.05, 0) is 17.7 Å². The molecule has 1 aromatic rings. The van der Waals surface area contributed by atoms with E-state index in [1.54, 1.807) is 0 Å². The van der Waals surface area contributed by atoms with Crippen LogP contribution < -0.4 is 0 Å². The van der Waals surface area contributed by atoms with Gasteiger partial charge in [0.05, 0.1) is 6.61 Å². The van der Waals surface area contributed by atoms with Crippen molar-refractivity contribution in [2.45, 2.75) is 12.1 Å². The molecule has 1 aromatic carbocycles. The summed E-state index contributed by atoms with van der Waals surface area (Å²) in [6.07, 6.45) is 0. The quantitative estimate of drug-likeness (QED) is 0.474. The predicted molar refractivity (Wildman–Crippen MR) is 46.2 cm³/mol. The second-order valence-corrected chi connectivity index (χ2v) is 4.40. The van der Waals surface area contributed by atoms with Gasteiger partial charge in [-0.1, -0.05) is 12.1 Å². The first-order chi connectivity index (χ1) is 7.22. The highest BCUT2D eigenvalue weighted by molar-refractivity contribution is 7.87. The third kappa shape index (κ3) is 3.17.